The highest BCUT2D eigenvalue weighted by Crippen LogP contribution is 2.66. The molecule has 1 nitrogen and oxygen atoms in total. The first-order valence-corrected chi connectivity index (χ1v) is 8.55. The SMILES string of the molecule is CC(C)CC12CC3CC(C1)C(C(C)(C)CN)C(C3)C2. The van der Waals surface area contributed by atoms with Crippen LogP contribution in [0.25, 0.3) is 0 Å². The van der Waals surface area contributed by atoms with Gasteiger partial charge in [-0.05, 0) is 85.5 Å². The van der Waals surface area contributed by atoms with Crippen LogP contribution in [0.15, 0.2) is 0 Å². The lowest BCUT2D eigenvalue weighted by Gasteiger charge is -2.63. The van der Waals surface area contributed by atoms with E-state index in [2.05, 4.69) is 27.7 Å². The normalized spacial score (nSPS) is 45.2. The Hall–Kier alpha value is -0.0400. The summed E-state index contributed by atoms with van der Waals surface area (Å²) in [5.41, 5.74) is 7.19. The molecule has 0 aliphatic heterocycles. The first kappa shape index (κ1) is 13.9. The van der Waals surface area contributed by atoms with Crippen molar-refractivity contribution < 1.29 is 0 Å². The molecule has 0 heterocycles. The van der Waals surface area contributed by atoms with E-state index in [0.29, 0.717) is 5.41 Å². The topological polar surface area (TPSA) is 26.0 Å². The van der Waals surface area contributed by atoms with Crippen molar-refractivity contribution in [3.05, 3.63) is 0 Å². The van der Waals surface area contributed by atoms with Crippen molar-refractivity contribution in [3.63, 3.8) is 0 Å². The fourth-order valence-corrected chi connectivity index (χ4v) is 6.72. The van der Waals surface area contributed by atoms with Gasteiger partial charge in [0, 0.05) is 0 Å². The van der Waals surface area contributed by atoms with Gasteiger partial charge in [-0.25, -0.2) is 0 Å². The molecular formula is C18H33N. The minimum absolute atomic E-state index is 0.363. The molecule has 1 heteroatoms. The molecule has 2 N–H and O–H groups in total. The Labute approximate surface area is 119 Å². The van der Waals surface area contributed by atoms with E-state index < -0.39 is 0 Å². The Bertz CT molecular complexity index is 324. The summed E-state index contributed by atoms with van der Waals surface area (Å²) in [6.07, 6.45) is 9.10. The van der Waals surface area contributed by atoms with Gasteiger partial charge in [0.2, 0.25) is 0 Å². The summed E-state index contributed by atoms with van der Waals surface area (Å²) >= 11 is 0. The van der Waals surface area contributed by atoms with Gasteiger partial charge in [0.15, 0.2) is 0 Å². The maximum atomic E-state index is 6.10. The highest BCUT2D eigenvalue weighted by atomic mass is 14.7. The smallest absolute Gasteiger partial charge is 0.00230 e. The van der Waals surface area contributed by atoms with Crippen LogP contribution in [0.2, 0.25) is 0 Å². The van der Waals surface area contributed by atoms with E-state index in [9.17, 15) is 0 Å². The molecule has 2 unspecified atom stereocenters. The largest absolute Gasteiger partial charge is 0.330 e. The van der Waals surface area contributed by atoms with E-state index in [0.717, 1.165) is 41.5 Å². The van der Waals surface area contributed by atoms with Gasteiger partial charge in [-0.15, -0.1) is 0 Å². The van der Waals surface area contributed by atoms with Crippen molar-refractivity contribution in [1.29, 1.82) is 0 Å². The molecule has 4 aliphatic rings. The van der Waals surface area contributed by atoms with E-state index in [1.807, 2.05) is 0 Å². The third-order valence-electron chi connectivity index (χ3n) is 6.67. The van der Waals surface area contributed by atoms with Crippen LogP contribution in [0.3, 0.4) is 0 Å². The van der Waals surface area contributed by atoms with Crippen LogP contribution in [0.1, 0.15) is 66.2 Å². The molecule has 4 bridgehead atoms. The first-order chi connectivity index (χ1) is 8.85. The fourth-order valence-electron chi connectivity index (χ4n) is 6.72. The number of rotatable bonds is 4. The molecule has 0 aromatic heterocycles. The summed E-state index contributed by atoms with van der Waals surface area (Å²) in [5, 5.41) is 0. The third kappa shape index (κ3) is 2.26. The third-order valence-corrected chi connectivity index (χ3v) is 6.67. The molecule has 4 rings (SSSR count). The van der Waals surface area contributed by atoms with Crippen molar-refractivity contribution in [1.82, 2.24) is 0 Å². The summed E-state index contributed by atoms with van der Waals surface area (Å²) in [6, 6.07) is 0. The maximum absolute atomic E-state index is 6.10. The molecule has 2 atom stereocenters. The molecule has 0 aromatic rings. The molecule has 19 heavy (non-hydrogen) atoms. The first-order valence-electron chi connectivity index (χ1n) is 8.55. The second-order valence-electron chi connectivity index (χ2n) is 9.29. The molecule has 0 amide bonds. The predicted molar refractivity (Wildman–Crippen MR) is 81.8 cm³/mol. The van der Waals surface area contributed by atoms with E-state index in [1.165, 1.54) is 32.1 Å². The van der Waals surface area contributed by atoms with E-state index in [4.69, 9.17) is 5.73 Å². The average Bonchev–Trinajstić information content (AvgIpc) is 2.25. The van der Waals surface area contributed by atoms with Gasteiger partial charge in [-0.3, -0.25) is 0 Å². The lowest BCUT2D eigenvalue weighted by atomic mass is 9.42. The molecule has 0 aromatic carbocycles. The van der Waals surface area contributed by atoms with Gasteiger partial charge >= 0.3 is 0 Å². The van der Waals surface area contributed by atoms with Crippen LogP contribution in [0.5, 0.6) is 0 Å². The number of nitrogens with two attached hydrogens (primary N) is 1. The molecular weight excluding hydrogens is 230 g/mol. The van der Waals surface area contributed by atoms with E-state index in [-0.39, 0.29) is 0 Å². The summed E-state index contributed by atoms with van der Waals surface area (Å²) in [4.78, 5) is 0. The van der Waals surface area contributed by atoms with Crippen molar-refractivity contribution in [3.8, 4) is 0 Å². The number of hydrogen-bond donors (Lipinski definition) is 1. The second kappa shape index (κ2) is 4.48. The molecule has 0 saturated heterocycles. The Morgan fingerprint density at radius 2 is 1.68 bits per heavy atom. The van der Waals surface area contributed by atoms with Crippen molar-refractivity contribution in [2.45, 2.75) is 66.2 Å². The van der Waals surface area contributed by atoms with Gasteiger partial charge < -0.3 is 5.73 Å². The Kier molecular flexibility index (Phi) is 3.28. The predicted octanol–water partition coefficient (Wildman–Crippen LogP) is 4.46. The van der Waals surface area contributed by atoms with Gasteiger partial charge in [-0.1, -0.05) is 27.7 Å². The Morgan fingerprint density at radius 1 is 1.11 bits per heavy atom. The highest BCUT2D eigenvalue weighted by Gasteiger charge is 2.57. The molecule has 0 radical (unpaired) electrons. The maximum Gasteiger partial charge on any atom is -0.00230 e. The zero-order valence-electron chi connectivity index (χ0n) is 13.4. The Morgan fingerprint density at radius 3 is 2.16 bits per heavy atom. The zero-order valence-corrected chi connectivity index (χ0v) is 13.4. The minimum atomic E-state index is 0.363. The van der Waals surface area contributed by atoms with Gasteiger partial charge in [0.05, 0.1) is 0 Å². The summed E-state index contributed by atoms with van der Waals surface area (Å²) < 4.78 is 0. The quantitative estimate of drug-likeness (QED) is 0.796. The van der Waals surface area contributed by atoms with Crippen LogP contribution < -0.4 is 5.73 Å². The van der Waals surface area contributed by atoms with Crippen molar-refractivity contribution in [2.24, 2.45) is 46.2 Å². The van der Waals surface area contributed by atoms with Crippen molar-refractivity contribution in [2.75, 3.05) is 6.54 Å². The zero-order chi connectivity index (χ0) is 13.8. The van der Waals surface area contributed by atoms with Crippen LogP contribution in [0.4, 0.5) is 0 Å². The van der Waals surface area contributed by atoms with E-state index in [1.54, 1.807) is 6.42 Å². The van der Waals surface area contributed by atoms with E-state index >= 15 is 0 Å². The van der Waals surface area contributed by atoms with Gasteiger partial charge in [-0.2, -0.15) is 0 Å². The summed E-state index contributed by atoms with van der Waals surface area (Å²) in [7, 11) is 0. The number of hydrogen-bond acceptors (Lipinski definition) is 1. The molecule has 110 valence electrons. The minimum Gasteiger partial charge on any atom is -0.330 e. The average molecular weight is 263 g/mol. The highest BCUT2D eigenvalue weighted by molar-refractivity contribution is 5.07. The van der Waals surface area contributed by atoms with Gasteiger partial charge in [0.25, 0.3) is 0 Å². The second-order valence-corrected chi connectivity index (χ2v) is 9.29. The van der Waals surface area contributed by atoms with Crippen molar-refractivity contribution >= 4 is 0 Å². The van der Waals surface area contributed by atoms with Crippen LogP contribution in [-0.2, 0) is 0 Å². The lowest BCUT2D eigenvalue weighted by Crippen LogP contribution is -2.56. The molecule has 0 spiro atoms. The van der Waals surface area contributed by atoms with Crippen LogP contribution in [0, 0.1) is 40.4 Å². The fraction of sp³-hybridized carbons (Fsp3) is 1.00. The van der Waals surface area contributed by atoms with Gasteiger partial charge in [0.1, 0.15) is 0 Å². The Balaban J connectivity index is 1.84. The summed E-state index contributed by atoms with van der Waals surface area (Å²) in [6.45, 7) is 10.6. The van der Waals surface area contributed by atoms with Crippen LogP contribution in [-0.4, -0.2) is 6.54 Å². The monoisotopic (exact) mass is 263 g/mol. The lowest BCUT2D eigenvalue weighted by molar-refractivity contribution is -0.135. The molecule has 4 aliphatic carbocycles. The summed E-state index contributed by atoms with van der Waals surface area (Å²) in [5.74, 6) is 4.82. The molecule has 4 fully saturated rings. The standard InChI is InChI=1S/C18H33N/c1-12(2)7-18-8-13-5-14(9-18)16(15(6-13)10-18)17(3,4)11-19/h12-16H,5-11,19H2,1-4H3. The molecule has 4 saturated carbocycles. The van der Waals surface area contributed by atoms with Crippen LogP contribution >= 0.6 is 0 Å².